The third-order valence-electron chi connectivity index (χ3n) is 2.01. The van der Waals surface area contributed by atoms with E-state index in [-0.39, 0.29) is 11.9 Å². The molecular formula is C14H22F3NO. The highest BCUT2D eigenvalue weighted by Crippen LogP contribution is 2.22. The quantitative estimate of drug-likeness (QED) is 0.817. The predicted molar refractivity (Wildman–Crippen MR) is 70.5 cm³/mol. The zero-order valence-corrected chi connectivity index (χ0v) is 11.8. The van der Waals surface area contributed by atoms with Crippen LogP contribution in [0.5, 0.6) is 0 Å². The summed E-state index contributed by atoms with van der Waals surface area (Å²) in [5.41, 5.74) is 3.46. The lowest BCUT2D eigenvalue weighted by Crippen LogP contribution is -2.12. The Morgan fingerprint density at radius 3 is 2.16 bits per heavy atom. The zero-order chi connectivity index (χ0) is 14.9. The average molecular weight is 277 g/mol. The van der Waals surface area contributed by atoms with Gasteiger partial charge in [-0.15, -0.1) is 0 Å². The van der Waals surface area contributed by atoms with Crippen LogP contribution in [0.25, 0.3) is 0 Å². The van der Waals surface area contributed by atoms with Crippen molar-refractivity contribution in [3.8, 4) is 0 Å². The minimum atomic E-state index is -2.50. The van der Waals surface area contributed by atoms with Crippen LogP contribution in [0.2, 0.25) is 0 Å². The van der Waals surface area contributed by atoms with E-state index >= 15 is 0 Å². The fourth-order valence-electron chi connectivity index (χ4n) is 1.37. The number of rotatable bonds is 1. The normalized spacial score (nSPS) is 17.9. The van der Waals surface area contributed by atoms with Gasteiger partial charge < -0.3 is 4.84 Å². The molecule has 0 spiro atoms. The minimum Gasteiger partial charge on any atom is -0.301 e. The van der Waals surface area contributed by atoms with E-state index in [2.05, 4.69) is 5.48 Å². The van der Waals surface area contributed by atoms with Crippen molar-refractivity contribution in [2.75, 3.05) is 6.61 Å². The van der Waals surface area contributed by atoms with Gasteiger partial charge in [-0.2, -0.15) is 5.48 Å². The molecule has 1 N–H and O–H groups in total. The summed E-state index contributed by atoms with van der Waals surface area (Å²) in [5.74, 6) is -2.67. The second-order valence-electron chi connectivity index (χ2n) is 4.16. The van der Waals surface area contributed by atoms with Crippen molar-refractivity contribution in [1.29, 1.82) is 0 Å². The predicted octanol–water partition coefficient (Wildman–Crippen LogP) is 4.48. The van der Waals surface area contributed by atoms with Crippen molar-refractivity contribution in [3.05, 3.63) is 35.6 Å². The first-order valence-electron chi connectivity index (χ1n) is 6.37. The summed E-state index contributed by atoms with van der Waals surface area (Å²) in [5, 5.41) is 0. The molecule has 1 fully saturated rings. The van der Waals surface area contributed by atoms with Crippen molar-refractivity contribution in [2.24, 2.45) is 0 Å². The molecule has 0 amide bonds. The van der Waals surface area contributed by atoms with E-state index in [4.69, 9.17) is 4.84 Å². The van der Waals surface area contributed by atoms with Crippen LogP contribution in [0.4, 0.5) is 13.2 Å². The van der Waals surface area contributed by atoms with E-state index in [0.717, 1.165) is 20.3 Å². The molecule has 0 saturated carbocycles. The maximum Gasteiger partial charge on any atom is 0.242 e. The highest BCUT2D eigenvalue weighted by molar-refractivity contribution is 5.21. The van der Waals surface area contributed by atoms with Crippen LogP contribution in [0.1, 0.15) is 45.7 Å². The Labute approximate surface area is 112 Å². The first-order valence-corrected chi connectivity index (χ1v) is 6.37. The fraction of sp³-hybridized carbons (Fsp3) is 0.571. The number of hydrogen-bond acceptors (Lipinski definition) is 2. The van der Waals surface area contributed by atoms with Gasteiger partial charge in [0.15, 0.2) is 0 Å². The third kappa shape index (κ3) is 8.61. The molecule has 110 valence electrons. The zero-order valence-electron chi connectivity index (χ0n) is 11.8. The molecule has 1 aliphatic heterocycles. The Morgan fingerprint density at radius 1 is 1.21 bits per heavy atom. The average Bonchev–Trinajstić information content (AvgIpc) is 2.83. The van der Waals surface area contributed by atoms with E-state index in [1.807, 2.05) is 19.9 Å². The van der Waals surface area contributed by atoms with E-state index in [0.29, 0.717) is 12.2 Å². The van der Waals surface area contributed by atoms with Gasteiger partial charge in [-0.05, 0) is 26.3 Å². The van der Waals surface area contributed by atoms with E-state index in [1.165, 1.54) is 6.07 Å². The second-order valence-corrected chi connectivity index (χ2v) is 4.16. The Balaban J connectivity index is 0.000000396. The third-order valence-corrected chi connectivity index (χ3v) is 2.01. The molecule has 1 aromatic rings. The van der Waals surface area contributed by atoms with Gasteiger partial charge in [-0.25, -0.2) is 13.2 Å². The maximum absolute atomic E-state index is 13.1. The highest BCUT2D eigenvalue weighted by Gasteiger charge is 2.19. The second kappa shape index (κ2) is 8.93. The van der Waals surface area contributed by atoms with Crippen LogP contribution in [0, 0.1) is 5.82 Å². The number of benzene rings is 1. The minimum absolute atomic E-state index is 0.0196. The first-order chi connectivity index (χ1) is 8.88. The van der Waals surface area contributed by atoms with Crippen LogP contribution in [-0.2, 0) is 4.84 Å². The van der Waals surface area contributed by atoms with Crippen molar-refractivity contribution < 1.29 is 18.0 Å². The van der Waals surface area contributed by atoms with Crippen LogP contribution < -0.4 is 5.48 Å². The Bertz CT molecular complexity index is 341. The van der Waals surface area contributed by atoms with Crippen LogP contribution in [0.15, 0.2) is 24.3 Å². The summed E-state index contributed by atoms with van der Waals surface area (Å²) in [7, 11) is 0. The van der Waals surface area contributed by atoms with E-state index in [1.54, 1.807) is 12.1 Å². The SMILES string of the molecule is CC.CC(C)(F)F.Fc1ccccc1C1CCON1. The van der Waals surface area contributed by atoms with Gasteiger partial charge in [0.05, 0.1) is 12.6 Å². The number of hydrogen-bond donors (Lipinski definition) is 1. The molecule has 1 heterocycles. The molecule has 2 rings (SSSR count). The molecule has 1 aromatic carbocycles. The summed E-state index contributed by atoms with van der Waals surface area (Å²) in [6.45, 7) is 6.36. The summed E-state index contributed by atoms with van der Waals surface area (Å²) in [6.07, 6.45) is 0.834. The standard InChI is InChI=1S/C9H10FNO.C3H6F2.C2H6/c10-8-4-2-1-3-7(8)9-5-6-12-11-9;1-3(2,4)5;1-2/h1-4,9,11H,5-6H2;1-2H3;1-2H3. The highest BCUT2D eigenvalue weighted by atomic mass is 19.3. The lowest BCUT2D eigenvalue weighted by Gasteiger charge is -2.08. The summed E-state index contributed by atoms with van der Waals surface area (Å²) < 4.78 is 35.2. The number of alkyl halides is 2. The van der Waals surface area contributed by atoms with Crippen LogP contribution in [-0.4, -0.2) is 12.5 Å². The van der Waals surface area contributed by atoms with E-state index in [9.17, 15) is 13.2 Å². The van der Waals surface area contributed by atoms with Gasteiger partial charge in [0.2, 0.25) is 5.92 Å². The maximum atomic E-state index is 13.1. The van der Waals surface area contributed by atoms with Gasteiger partial charge in [0.25, 0.3) is 0 Å². The fourth-order valence-corrected chi connectivity index (χ4v) is 1.37. The van der Waals surface area contributed by atoms with Gasteiger partial charge in [-0.3, -0.25) is 0 Å². The van der Waals surface area contributed by atoms with Crippen molar-refractivity contribution in [1.82, 2.24) is 5.48 Å². The van der Waals surface area contributed by atoms with Gasteiger partial charge >= 0.3 is 0 Å². The smallest absolute Gasteiger partial charge is 0.242 e. The monoisotopic (exact) mass is 277 g/mol. The van der Waals surface area contributed by atoms with Crippen LogP contribution >= 0.6 is 0 Å². The lowest BCUT2D eigenvalue weighted by molar-refractivity contribution is 0.0437. The molecule has 19 heavy (non-hydrogen) atoms. The molecule has 0 aliphatic carbocycles. The number of hydroxylamine groups is 1. The Morgan fingerprint density at radius 2 is 1.74 bits per heavy atom. The summed E-state index contributed by atoms with van der Waals surface area (Å²) >= 11 is 0. The van der Waals surface area contributed by atoms with Gasteiger partial charge in [0.1, 0.15) is 5.82 Å². The molecule has 2 nitrogen and oxygen atoms in total. The van der Waals surface area contributed by atoms with Gasteiger partial charge in [-0.1, -0.05) is 32.0 Å². The Kier molecular flexibility index (Phi) is 8.43. The molecule has 0 bridgehead atoms. The summed E-state index contributed by atoms with van der Waals surface area (Å²) in [4.78, 5) is 4.95. The summed E-state index contributed by atoms with van der Waals surface area (Å²) in [6, 6.07) is 6.79. The van der Waals surface area contributed by atoms with Crippen molar-refractivity contribution >= 4 is 0 Å². The lowest BCUT2D eigenvalue weighted by atomic mass is 10.1. The van der Waals surface area contributed by atoms with E-state index < -0.39 is 5.92 Å². The molecule has 1 atom stereocenters. The Hall–Kier alpha value is -1.07. The molecular weight excluding hydrogens is 255 g/mol. The van der Waals surface area contributed by atoms with Crippen molar-refractivity contribution in [3.63, 3.8) is 0 Å². The first kappa shape index (κ1) is 17.9. The molecule has 1 aliphatic rings. The molecule has 0 aromatic heterocycles. The topological polar surface area (TPSA) is 21.3 Å². The number of nitrogens with one attached hydrogen (secondary N) is 1. The molecule has 1 unspecified atom stereocenters. The molecule has 5 heteroatoms. The van der Waals surface area contributed by atoms with Crippen LogP contribution in [0.3, 0.4) is 0 Å². The molecule has 0 radical (unpaired) electrons. The molecule has 1 saturated heterocycles. The van der Waals surface area contributed by atoms with Gasteiger partial charge in [0, 0.05) is 5.56 Å². The largest absolute Gasteiger partial charge is 0.301 e. The number of halogens is 3. The van der Waals surface area contributed by atoms with Crippen molar-refractivity contribution in [2.45, 2.75) is 46.1 Å².